The third kappa shape index (κ3) is 3.18. The largest absolute Gasteiger partial charge is 0.480 e. The predicted molar refractivity (Wildman–Crippen MR) is 70.0 cm³/mol. The highest BCUT2D eigenvalue weighted by Gasteiger charge is 2.19. The number of carbonyl (C=O) groups is 1. The van der Waals surface area contributed by atoms with Crippen LogP contribution in [0.3, 0.4) is 0 Å². The van der Waals surface area contributed by atoms with Gasteiger partial charge in [0, 0.05) is 0 Å². The Balaban J connectivity index is 2.20. The summed E-state index contributed by atoms with van der Waals surface area (Å²) in [7, 11) is 0. The van der Waals surface area contributed by atoms with E-state index >= 15 is 0 Å². The maximum Gasteiger partial charge on any atom is 0.326 e. The van der Waals surface area contributed by atoms with Crippen LogP contribution in [0, 0.1) is 12.8 Å². The number of aryl methyl sites for hydroxylation is 1. The fourth-order valence-corrected chi connectivity index (χ4v) is 1.84. The molecule has 0 saturated heterocycles. The molecule has 0 fully saturated rings. The monoisotopic (exact) mass is 263 g/mol. The Bertz CT molecular complexity index is 593. The van der Waals surface area contributed by atoms with Crippen molar-refractivity contribution in [3.63, 3.8) is 0 Å². The molecule has 0 aromatic carbocycles. The molecule has 0 aliphatic carbocycles. The number of nitrogens with one attached hydrogen (secondary N) is 1. The van der Waals surface area contributed by atoms with Gasteiger partial charge in [-0.2, -0.15) is 0 Å². The summed E-state index contributed by atoms with van der Waals surface area (Å²) in [6, 6.07) is 2.80. The number of aromatic nitrogens is 4. The Morgan fingerprint density at radius 1 is 1.42 bits per heavy atom. The second-order valence-corrected chi connectivity index (χ2v) is 4.89. The molecule has 0 radical (unpaired) electrons. The third-order valence-electron chi connectivity index (χ3n) is 2.64. The summed E-state index contributed by atoms with van der Waals surface area (Å²) in [5, 5.41) is 20.4. The maximum atomic E-state index is 11.2. The van der Waals surface area contributed by atoms with Gasteiger partial charge in [0.05, 0.1) is 0 Å². The van der Waals surface area contributed by atoms with Crippen LogP contribution in [0.4, 0.5) is 5.82 Å². The first-order chi connectivity index (χ1) is 8.95. The molecule has 2 aromatic rings. The van der Waals surface area contributed by atoms with Crippen LogP contribution in [-0.4, -0.2) is 36.9 Å². The van der Waals surface area contributed by atoms with Gasteiger partial charge in [-0.1, -0.05) is 13.8 Å². The summed E-state index contributed by atoms with van der Waals surface area (Å²) in [5.41, 5.74) is 0.638. The number of anilines is 1. The van der Waals surface area contributed by atoms with Crippen molar-refractivity contribution in [3.8, 4) is 0 Å². The van der Waals surface area contributed by atoms with Crippen LogP contribution >= 0.6 is 0 Å². The van der Waals surface area contributed by atoms with Crippen molar-refractivity contribution in [3.05, 3.63) is 18.0 Å². The van der Waals surface area contributed by atoms with Crippen LogP contribution in [0.1, 0.15) is 26.1 Å². The minimum absolute atomic E-state index is 0.283. The highest BCUT2D eigenvalue weighted by molar-refractivity contribution is 5.76. The number of carboxylic acids is 1. The number of fused-ring (bicyclic) bond motifs is 1. The summed E-state index contributed by atoms with van der Waals surface area (Å²) in [6.45, 7) is 5.74. The van der Waals surface area contributed by atoms with Crippen molar-refractivity contribution >= 4 is 17.4 Å². The van der Waals surface area contributed by atoms with Crippen molar-refractivity contribution in [1.82, 2.24) is 19.8 Å². The first-order valence-electron chi connectivity index (χ1n) is 6.15. The number of hydrogen-bond donors (Lipinski definition) is 2. The van der Waals surface area contributed by atoms with E-state index in [0.29, 0.717) is 23.7 Å². The standard InChI is InChI=1S/C12H17N5O2/c1-7(2)6-9(12(18)19)14-10-4-5-11-13-8(3)15-17(11)16-10/h4-5,7,9H,6H2,1-3H3,(H,14,16)(H,18,19)/t9-/m0/s1. The van der Waals surface area contributed by atoms with Crippen LogP contribution in [0.5, 0.6) is 0 Å². The highest BCUT2D eigenvalue weighted by atomic mass is 16.4. The number of carboxylic acid groups (broad SMARTS) is 1. The minimum atomic E-state index is -0.884. The van der Waals surface area contributed by atoms with Crippen LogP contribution in [0.2, 0.25) is 0 Å². The van der Waals surface area contributed by atoms with Gasteiger partial charge >= 0.3 is 5.97 Å². The molecular formula is C12H17N5O2. The van der Waals surface area contributed by atoms with Gasteiger partial charge in [0.2, 0.25) is 0 Å². The zero-order chi connectivity index (χ0) is 14.0. The van der Waals surface area contributed by atoms with Crippen LogP contribution < -0.4 is 5.32 Å². The zero-order valence-corrected chi connectivity index (χ0v) is 11.2. The average molecular weight is 263 g/mol. The molecule has 0 spiro atoms. The molecule has 0 aliphatic rings. The molecule has 0 amide bonds. The molecule has 102 valence electrons. The number of rotatable bonds is 5. The molecule has 0 bridgehead atoms. The molecule has 2 aromatic heterocycles. The first-order valence-corrected chi connectivity index (χ1v) is 6.15. The van der Waals surface area contributed by atoms with Crippen LogP contribution in [0.15, 0.2) is 12.1 Å². The van der Waals surface area contributed by atoms with E-state index in [0.717, 1.165) is 0 Å². The van der Waals surface area contributed by atoms with E-state index in [1.165, 1.54) is 4.63 Å². The fraction of sp³-hybridized carbons (Fsp3) is 0.500. The summed E-state index contributed by atoms with van der Waals surface area (Å²) >= 11 is 0. The van der Waals surface area contributed by atoms with E-state index < -0.39 is 12.0 Å². The molecule has 2 heterocycles. The van der Waals surface area contributed by atoms with E-state index in [-0.39, 0.29) is 5.92 Å². The summed E-state index contributed by atoms with van der Waals surface area (Å²) < 4.78 is 1.39. The average Bonchev–Trinajstić information content (AvgIpc) is 2.66. The van der Waals surface area contributed by atoms with Crippen LogP contribution in [0.25, 0.3) is 5.65 Å². The summed E-state index contributed by atoms with van der Waals surface area (Å²) in [6.07, 6.45) is 0.533. The van der Waals surface area contributed by atoms with Gasteiger partial charge in [-0.3, -0.25) is 0 Å². The van der Waals surface area contributed by atoms with E-state index in [1.807, 2.05) is 13.8 Å². The Morgan fingerprint density at radius 2 is 2.16 bits per heavy atom. The lowest BCUT2D eigenvalue weighted by Gasteiger charge is -2.16. The lowest BCUT2D eigenvalue weighted by molar-refractivity contribution is -0.138. The number of aliphatic carboxylic acids is 1. The molecule has 2 N–H and O–H groups in total. The molecule has 0 unspecified atom stereocenters. The van der Waals surface area contributed by atoms with Gasteiger partial charge in [0.25, 0.3) is 0 Å². The van der Waals surface area contributed by atoms with Crippen molar-refractivity contribution in [2.24, 2.45) is 5.92 Å². The van der Waals surface area contributed by atoms with E-state index in [9.17, 15) is 9.90 Å². The van der Waals surface area contributed by atoms with Crippen LogP contribution in [-0.2, 0) is 4.79 Å². The molecular weight excluding hydrogens is 246 g/mol. The van der Waals surface area contributed by atoms with Gasteiger partial charge in [0.1, 0.15) is 17.7 Å². The zero-order valence-electron chi connectivity index (χ0n) is 11.2. The van der Waals surface area contributed by atoms with E-state index in [1.54, 1.807) is 19.1 Å². The summed E-state index contributed by atoms with van der Waals surface area (Å²) in [5.74, 6) is 0.503. The Hall–Kier alpha value is -2.18. The van der Waals surface area contributed by atoms with Gasteiger partial charge in [-0.05, 0) is 31.4 Å². The van der Waals surface area contributed by atoms with E-state index in [2.05, 4.69) is 20.5 Å². The maximum absolute atomic E-state index is 11.2. The predicted octanol–water partition coefficient (Wildman–Crippen LogP) is 1.34. The van der Waals surface area contributed by atoms with Gasteiger partial charge < -0.3 is 10.4 Å². The molecule has 7 heteroatoms. The molecule has 2 rings (SSSR count). The van der Waals surface area contributed by atoms with Crippen molar-refractivity contribution in [2.75, 3.05) is 5.32 Å². The number of nitrogens with zero attached hydrogens (tertiary/aromatic N) is 4. The molecule has 0 aliphatic heterocycles. The topological polar surface area (TPSA) is 92.4 Å². The second kappa shape index (κ2) is 5.21. The lowest BCUT2D eigenvalue weighted by atomic mass is 10.0. The fourth-order valence-electron chi connectivity index (χ4n) is 1.84. The van der Waals surface area contributed by atoms with Gasteiger partial charge in [-0.15, -0.1) is 14.8 Å². The van der Waals surface area contributed by atoms with Gasteiger partial charge in [-0.25, -0.2) is 9.78 Å². The molecule has 19 heavy (non-hydrogen) atoms. The molecule has 7 nitrogen and oxygen atoms in total. The minimum Gasteiger partial charge on any atom is -0.480 e. The van der Waals surface area contributed by atoms with E-state index in [4.69, 9.17) is 0 Å². The Labute approximate surface area is 110 Å². The Morgan fingerprint density at radius 3 is 2.79 bits per heavy atom. The second-order valence-electron chi connectivity index (χ2n) is 4.89. The molecule has 1 atom stereocenters. The normalized spacial score (nSPS) is 12.8. The highest BCUT2D eigenvalue weighted by Crippen LogP contribution is 2.12. The lowest BCUT2D eigenvalue weighted by Crippen LogP contribution is -2.31. The van der Waals surface area contributed by atoms with Gasteiger partial charge in [0.15, 0.2) is 5.65 Å². The number of hydrogen-bond acceptors (Lipinski definition) is 5. The SMILES string of the molecule is Cc1nc2ccc(N[C@@H](CC(C)C)C(=O)O)nn2n1. The van der Waals surface area contributed by atoms with Crippen molar-refractivity contribution in [2.45, 2.75) is 33.2 Å². The summed E-state index contributed by atoms with van der Waals surface area (Å²) in [4.78, 5) is 15.3. The van der Waals surface area contributed by atoms with Crippen molar-refractivity contribution < 1.29 is 9.90 Å². The Kier molecular flexibility index (Phi) is 3.64. The quantitative estimate of drug-likeness (QED) is 0.845. The van der Waals surface area contributed by atoms with Crippen molar-refractivity contribution in [1.29, 1.82) is 0 Å². The smallest absolute Gasteiger partial charge is 0.326 e. The third-order valence-corrected chi connectivity index (χ3v) is 2.64. The first kappa shape index (κ1) is 13.3. The molecule has 0 saturated carbocycles.